The van der Waals surface area contributed by atoms with Crippen molar-refractivity contribution in [2.24, 2.45) is 0 Å². The van der Waals surface area contributed by atoms with Crippen LogP contribution in [0.15, 0.2) is 158 Å². The summed E-state index contributed by atoms with van der Waals surface area (Å²) < 4.78 is 0. The van der Waals surface area contributed by atoms with Crippen LogP contribution < -0.4 is 0 Å². The van der Waals surface area contributed by atoms with Gasteiger partial charge in [0.25, 0.3) is 0 Å². The van der Waals surface area contributed by atoms with Gasteiger partial charge in [0, 0.05) is 11.1 Å². The fraction of sp³-hybridized carbons (Fsp3) is 0.0250. The Labute approximate surface area is 261 Å². The molecular weight excluding hydrogens is 558 g/mol. The molecule has 1 aliphatic carbocycles. The molecular formula is C40H26ClN3. The normalized spacial score (nSPS) is 12.8. The van der Waals surface area contributed by atoms with Gasteiger partial charge in [0.05, 0.1) is 5.41 Å². The predicted molar refractivity (Wildman–Crippen MR) is 178 cm³/mol. The van der Waals surface area contributed by atoms with E-state index in [-0.39, 0.29) is 5.28 Å². The summed E-state index contributed by atoms with van der Waals surface area (Å²) >= 11 is 6.54. The number of fused-ring (bicyclic) bond motifs is 3. The summed E-state index contributed by atoms with van der Waals surface area (Å²) in [4.78, 5) is 14.0. The van der Waals surface area contributed by atoms with Gasteiger partial charge in [-0.2, -0.15) is 9.97 Å². The zero-order valence-corrected chi connectivity index (χ0v) is 24.5. The van der Waals surface area contributed by atoms with Crippen LogP contribution in [0, 0.1) is 0 Å². The van der Waals surface area contributed by atoms with Gasteiger partial charge >= 0.3 is 0 Å². The molecule has 3 nitrogen and oxygen atoms in total. The summed E-state index contributed by atoms with van der Waals surface area (Å²) in [5.74, 6) is 1.08. The molecule has 0 unspecified atom stereocenters. The minimum absolute atomic E-state index is 0.164. The molecule has 0 saturated heterocycles. The van der Waals surface area contributed by atoms with E-state index >= 15 is 0 Å². The van der Waals surface area contributed by atoms with Crippen molar-refractivity contribution in [1.29, 1.82) is 0 Å². The Bertz CT molecular complexity index is 2080. The number of rotatable bonds is 5. The zero-order chi connectivity index (χ0) is 29.5. The molecule has 1 aromatic heterocycles. The molecule has 0 bridgehead atoms. The number of aromatic nitrogens is 3. The highest BCUT2D eigenvalue weighted by atomic mass is 35.5. The highest BCUT2D eigenvalue weighted by molar-refractivity contribution is 6.28. The Morgan fingerprint density at radius 2 is 0.864 bits per heavy atom. The van der Waals surface area contributed by atoms with Gasteiger partial charge in [0.1, 0.15) is 0 Å². The summed E-state index contributed by atoms with van der Waals surface area (Å²) in [6.07, 6.45) is 0. The number of hydrogen-bond donors (Lipinski definition) is 0. The molecule has 6 aromatic carbocycles. The average Bonchev–Trinajstić information content (AvgIpc) is 3.40. The van der Waals surface area contributed by atoms with E-state index in [0.29, 0.717) is 11.6 Å². The van der Waals surface area contributed by atoms with Gasteiger partial charge < -0.3 is 0 Å². The summed E-state index contributed by atoms with van der Waals surface area (Å²) in [7, 11) is 0. The van der Waals surface area contributed by atoms with Crippen LogP contribution in [0.2, 0.25) is 5.28 Å². The minimum Gasteiger partial charge on any atom is -0.208 e. The standard InChI is InChI=1S/C40H26ClN3/c41-39-43-37(29-24-22-28(23-25-29)27-12-3-1-4-13-27)42-38(44-39)30-14-11-17-32(26-30)40(31-15-5-2-6-16-31)35-20-9-7-18-33(35)34-19-8-10-21-36(34)40/h1-26H. The maximum atomic E-state index is 6.54. The first kappa shape index (κ1) is 26.3. The maximum Gasteiger partial charge on any atom is 0.226 e. The lowest BCUT2D eigenvalue weighted by atomic mass is 9.67. The lowest BCUT2D eigenvalue weighted by Gasteiger charge is -2.34. The van der Waals surface area contributed by atoms with E-state index in [0.717, 1.165) is 27.8 Å². The zero-order valence-electron chi connectivity index (χ0n) is 23.7. The van der Waals surface area contributed by atoms with E-state index < -0.39 is 5.41 Å². The second kappa shape index (κ2) is 10.7. The first-order valence-corrected chi connectivity index (χ1v) is 15.0. The van der Waals surface area contributed by atoms with Gasteiger partial charge in [-0.25, -0.2) is 4.98 Å². The summed E-state index contributed by atoms with van der Waals surface area (Å²) in [5, 5.41) is 0.164. The second-order valence-electron chi connectivity index (χ2n) is 11.0. The number of benzene rings is 6. The summed E-state index contributed by atoms with van der Waals surface area (Å²) in [6.45, 7) is 0. The Balaban J connectivity index is 1.27. The molecule has 1 heterocycles. The third-order valence-corrected chi connectivity index (χ3v) is 8.74. The van der Waals surface area contributed by atoms with Crippen LogP contribution in [-0.4, -0.2) is 15.0 Å². The number of halogens is 1. The first-order valence-electron chi connectivity index (χ1n) is 14.6. The van der Waals surface area contributed by atoms with Crippen LogP contribution >= 0.6 is 11.6 Å². The smallest absolute Gasteiger partial charge is 0.208 e. The Hall–Kier alpha value is -5.38. The van der Waals surface area contributed by atoms with Gasteiger partial charge in [-0.05, 0) is 62.2 Å². The third kappa shape index (κ3) is 4.24. The fourth-order valence-electron chi connectivity index (χ4n) is 6.65. The van der Waals surface area contributed by atoms with Crippen LogP contribution in [0.3, 0.4) is 0 Å². The molecule has 0 radical (unpaired) electrons. The third-order valence-electron chi connectivity index (χ3n) is 8.57. The van der Waals surface area contributed by atoms with Crippen LogP contribution in [-0.2, 0) is 5.41 Å². The van der Waals surface area contributed by atoms with Crippen molar-refractivity contribution < 1.29 is 0 Å². The van der Waals surface area contributed by atoms with Crippen LogP contribution in [0.25, 0.3) is 45.0 Å². The van der Waals surface area contributed by atoms with Crippen molar-refractivity contribution in [3.63, 3.8) is 0 Å². The van der Waals surface area contributed by atoms with E-state index in [1.807, 2.05) is 36.4 Å². The van der Waals surface area contributed by atoms with Crippen molar-refractivity contribution in [3.8, 4) is 45.0 Å². The Kier molecular flexibility index (Phi) is 6.40. The van der Waals surface area contributed by atoms with Gasteiger partial charge in [0.15, 0.2) is 11.6 Å². The maximum absolute atomic E-state index is 6.54. The predicted octanol–water partition coefficient (Wildman–Crippen LogP) is 9.89. The Morgan fingerprint density at radius 3 is 1.52 bits per heavy atom. The molecule has 8 rings (SSSR count). The van der Waals surface area contributed by atoms with Crippen molar-refractivity contribution in [1.82, 2.24) is 15.0 Å². The molecule has 0 aliphatic heterocycles. The van der Waals surface area contributed by atoms with Crippen molar-refractivity contribution in [2.45, 2.75) is 5.41 Å². The van der Waals surface area contributed by atoms with Gasteiger partial charge in [-0.1, -0.05) is 152 Å². The molecule has 0 atom stereocenters. The van der Waals surface area contributed by atoms with E-state index in [2.05, 4.69) is 131 Å². The molecule has 0 spiro atoms. The second-order valence-corrected chi connectivity index (χ2v) is 11.3. The topological polar surface area (TPSA) is 38.7 Å². The SMILES string of the molecule is Clc1nc(-c2ccc(-c3ccccc3)cc2)nc(-c2cccc(C3(c4ccccc4)c4ccccc4-c4ccccc43)c2)n1. The van der Waals surface area contributed by atoms with E-state index in [1.54, 1.807) is 0 Å². The quantitative estimate of drug-likeness (QED) is 0.202. The molecule has 0 fully saturated rings. The summed E-state index contributed by atoms with van der Waals surface area (Å²) in [6, 6.07) is 55.3. The lowest BCUT2D eigenvalue weighted by Crippen LogP contribution is -2.28. The van der Waals surface area contributed by atoms with Crippen LogP contribution in [0.1, 0.15) is 22.3 Å². The van der Waals surface area contributed by atoms with Crippen molar-refractivity contribution in [3.05, 3.63) is 185 Å². The molecule has 4 heteroatoms. The lowest BCUT2D eigenvalue weighted by molar-refractivity contribution is 0.768. The van der Waals surface area contributed by atoms with Gasteiger partial charge in [0.2, 0.25) is 5.28 Å². The van der Waals surface area contributed by atoms with Gasteiger partial charge in [-0.15, -0.1) is 0 Å². The highest BCUT2D eigenvalue weighted by Crippen LogP contribution is 2.56. The number of hydrogen-bond acceptors (Lipinski definition) is 3. The van der Waals surface area contributed by atoms with Gasteiger partial charge in [-0.3, -0.25) is 0 Å². The molecule has 0 amide bonds. The number of nitrogens with zero attached hydrogens (tertiary/aromatic N) is 3. The highest BCUT2D eigenvalue weighted by Gasteiger charge is 2.45. The monoisotopic (exact) mass is 583 g/mol. The van der Waals surface area contributed by atoms with Crippen molar-refractivity contribution >= 4 is 11.6 Å². The molecule has 7 aromatic rings. The molecule has 208 valence electrons. The fourth-order valence-corrected chi connectivity index (χ4v) is 6.81. The molecule has 1 aliphatic rings. The van der Waals surface area contributed by atoms with E-state index in [4.69, 9.17) is 16.6 Å². The van der Waals surface area contributed by atoms with Crippen LogP contribution in [0.5, 0.6) is 0 Å². The first-order chi connectivity index (χ1) is 21.7. The summed E-state index contributed by atoms with van der Waals surface area (Å²) in [5.41, 5.74) is 10.9. The van der Waals surface area contributed by atoms with E-state index in [1.165, 1.54) is 27.8 Å². The Morgan fingerprint density at radius 1 is 0.386 bits per heavy atom. The van der Waals surface area contributed by atoms with Crippen molar-refractivity contribution in [2.75, 3.05) is 0 Å². The molecule has 0 N–H and O–H groups in total. The van der Waals surface area contributed by atoms with Crippen LogP contribution in [0.4, 0.5) is 0 Å². The van der Waals surface area contributed by atoms with E-state index in [9.17, 15) is 0 Å². The minimum atomic E-state index is -0.503. The molecule has 44 heavy (non-hydrogen) atoms. The average molecular weight is 584 g/mol. The molecule has 0 saturated carbocycles. The largest absolute Gasteiger partial charge is 0.226 e.